The lowest BCUT2D eigenvalue weighted by atomic mass is 9.86. The van der Waals surface area contributed by atoms with Crippen molar-refractivity contribution in [2.24, 2.45) is 0 Å². The van der Waals surface area contributed by atoms with Gasteiger partial charge < -0.3 is 0 Å². The highest BCUT2D eigenvalue weighted by Gasteiger charge is 2.41. The van der Waals surface area contributed by atoms with Crippen LogP contribution in [0.2, 0.25) is 0 Å². The van der Waals surface area contributed by atoms with Crippen molar-refractivity contribution in [3.05, 3.63) is 534 Å². The highest BCUT2D eigenvalue weighted by Crippen LogP contribution is 2.43. The van der Waals surface area contributed by atoms with Crippen molar-refractivity contribution in [3.8, 4) is 125 Å². The van der Waals surface area contributed by atoms with Crippen molar-refractivity contribution in [3.63, 3.8) is 0 Å². The lowest BCUT2D eigenvalue weighted by molar-refractivity contribution is -0.590. The van der Waals surface area contributed by atoms with Gasteiger partial charge in [-0.2, -0.15) is 45.7 Å². The Hall–Kier alpha value is -16.4. The second kappa shape index (κ2) is 44.6. The third-order valence-corrected chi connectivity index (χ3v) is 29.1. The highest BCUT2D eigenvalue weighted by molar-refractivity contribution is 5.72. The molecule has 2 aliphatic rings. The van der Waals surface area contributed by atoms with Crippen LogP contribution in [0.15, 0.2) is 455 Å². The fraction of sp³-hybridized carbons (Fsp3) is 0.172. The zero-order chi connectivity index (χ0) is 99.1. The molecule has 21 aromatic rings. The number of rotatable bonds is 18. The van der Waals surface area contributed by atoms with E-state index < -0.39 is 0 Å². The molecule has 10 nitrogen and oxygen atoms in total. The third kappa shape index (κ3) is 19.8. The molecule has 0 spiro atoms. The van der Waals surface area contributed by atoms with E-state index in [1.807, 2.05) is 0 Å². The maximum absolute atomic E-state index is 2.55. The zero-order valence-corrected chi connectivity index (χ0v) is 85.3. The molecule has 2 saturated carbocycles. The fourth-order valence-corrected chi connectivity index (χ4v) is 21.9. The topological polar surface area (TPSA) is 44.0 Å². The molecule has 0 N–H and O–H groups in total. The molecule has 2 fully saturated rings. The molecule has 16 aromatic carbocycles. The monoisotopic (exact) mass is 1880 g/mol. The van der Waals surface area contributed by atoms with Gasteiger partial charge in [0.1, 0.15) is 91.0 Å². The van der Waals surface area contributed by atoms with E-state index in [4.69, 9.17) is 0 Å². The molecule has 0 atom stereocenters. The highest BCUT2D eigenvalue weighted by atomic mass is 15.2. The molecule has 144 heavy (non-hydrogen) atoms. The Kier molecular flexibility index (Phi) is 29.9. The molecule has 0 radical (unpaired) electrons. The van der Waals surface area contributed by atoms with Gasteiger partial charge in [-0.25, -0.2) is 0 Å². The van der Waals surface area contributed by atoms with E-state index >= 15 is 0 Å². The van der Waals surface area contributed by atoms with E-state index in [1.54, 1.807) is 0 Å². The molecule has 0 saturated heterocycles. The normalized spacial score (nSPS) is 12.4. The average Bonchev–Trinajstić information content (AvgIpc) is 1.57. The first-order valence-corrected chi connectivity index (χ1v) is 51.3. The van der Waals surface area contributed by atoms with Gasteiger partial charge in [-0.3, -0.25) is 0 Å². The first-order chi connectivity index (χ1) is 70.6. The summed E-state index contributed by atoms with van der Waals surface area (Å²) in [4.78, 5) is 0. The molecule has 0 aliphatic heterocycles. The average molecular weight is 1880 g/mol. The van der Waals surface area contributed by atoms with Gasteiger partial charge in [0, 0.05) is 65.9 Å². The molecule has 0 unspecified atom stereocenters. The molecule has 5 aromatic heterocycles. The maximum atomic E-state index is 2.55. The second-order valence-corrected chi connectivity index (χ2v) is 38.3. The molecule has 0 amide bonds. The van der Waals surface area contributed by atoms with Crippen LogP contribution in [0.25, 0.3) is 125 Å². The predicted molar refractivity (Wildman–Crippen MR) is 593 cm³/mol. The number of hydrogen-bond acceptors (Lipinski definition) is 0. The van der Waals surface area contributed by atoms with Crippen molar-refractivity contribution in [1.82, 2.24) is 22.8 Å². The number of nitrogens with zero attached hydrogens (tertiary/aromatic N) is 10. The van der Waals surface area contributed by atoms with Gasteiger partial charge in [-0.1, -0.05) is 335 Å². The summed E-state index contributed by atoms with van der Waals surface area (Å²) in [6, 6.07) is 161. The van der Waals surface area contributed by atoms with Crippen molar-refractivity contribution >= 4 is 0 Å². The third-order valence-electron chi connectivity index (χ3n) is 29.1. The van der Waals surface area contributed by atoms with Crippen LogP contribution in [0.1, 0.15) is 149 Å². The van der Waals surface area contributed by atoms with E-state index in [2.05, 4.69) is 584 Å². The molecule has 0 bridgehead atoms. The van der Waals surface area contributed by atoms with Crippen LogP contribution in [-0.2, 0) is 0 Å². The predicted octanol–water partition coefficient (Wildman–Crippen LogP) is 31.2. The molecule has 2 aliphatic carbocycles. The van der Waals surface area contributed by atoms with Gasteiger partial charge in [-0.05, 0) is 240 Å². The smallest absolute Gasteiger partial charge is 0.192 e. The van der Waals surface area contributed by atoms with Crippen LogP contribution in [-0.4, -0.2) is 22.8 Å². The summed E-state index contributed by atoms with van der Waals surface area (Å²) in [7, 11) is 0. The lowest BCUT2D eigenvalue weighted by Crippen LogP contribution is -2.36. The van der Waals surface area contributed by atoms with Crippen LogP contribution < -0.4 is 22.8 Å². The van der Waals surface area contributed by atoms with Crippen molar-refractivity contribution in [2.75, 3.05) is 0 Å². The van der Waals surface area contributed by atoms with Gasteiger partial charge >= 0.3 is 0 Å². The minimum Gasteiger partial charge on any atom is -0.192 e. The molecular weight excluding hydrogens is 1750 g/mol. The second-order valence-electron chi connectivity index (χ2n) is 38.3. The van der Waals surface area contributed by atoms with E-state index in [0.717, 1.165) is 11.5 Å². The number of para-hydroxylation sites is 10. The van der Waals surface area contributed by atoms with E-state index in [-0.39, 0.29) is 0 Å². The molecule has 5 heterocycles. The van der Waals surface area contributed by atoms with Crippen LogP contribution in [0, 0.1) is 83.1 Å². The maximum Gasteiger partial charge on any atom is 0.300 e. The van der Waals surface area contributed by atoms with Crippen molar-refractivity contribution < 1.29 is 22.8 Å². The van der Waals surface area contributed by atoms with Gasteiger partial charge in [0.15, 0.2) is 22.8 Å². The van der Waals surface area contributed by atoms with Crippen LogP contribution in [0.4, 0.5) is 0 Å². The Bertz CT molecular complexity index is 7730. The Morgan fingerprint density at radius 2 is 0.347 bits per heavy atom. The standard InChI is InChI=1S/C29H31N2.C29H25N2.C28H29N2.2C24H23N2/c2*1-22-14-12-13-21-27(22)30-23(2)28(24-15-6-3-7-16-24)31(26-19-10-5-11-20-26)29(30)25-17-8-4-9-18-25;1-21-13-9-12-20-26(21)29-22(2)27(23-14-10-11-15-23)30(25-18-7-4-8-19-25)28(29)24-16-5-3-6-17-24;2*1-18-12-10-11-17-23(18)26-20(3)19(2)25(22-15-8-5-9-16-22)24(26)21-13-6-4-7-14-21/h4-5,8-14,17-21,24H,3,6-7,15-16H2,1-2H3;3-21H,1-2H3;3-9,12-13,16-20,23H,10-11,14-15H2,1-2H3;2*4-17H,1-3H3/q5*+1. The summed E-state index contributed by atoms with van der Waals surface area (Å²) in [5.41, 5.74) is 38.9. The van der Waals surface area contributed by atoms with Gasteiger partial charge in [0.05, 0.1) is 27.8 Å². The fourth-order valence-electron chi connectivity index (χ4n) is 21.9. The molecule has 712 valence electrons. The Morgan fingerprint density at radius 1 is 0.167 bits per heavy atom. The minimum absolute atomic E-state index is 0.599. The van der Waals surface area contributed by atoms with E-state index in [0.29, 0.717) is 11.8 Å². The molecular formula is C134H131N10+5. The van der Waals surface area contributed by atoms with E-state index in [1.165, 1.54) is 250 Å². The van der Waals surface area contributed by atoms with Crippen LogP contribution in [0.5, 0.6) is 0 Å². The van der Waals surface area contributed by atoms with Crippen LogP contribution >= 0.6 is 0 Å². The number of hydrogen-bond donors (Lipinski definition) is 0. The SMILES string of the molecule is Cc1ccccc1-[n+]1c(C)c(-c2ccccc2)n(-c2ccccc2)c1-c1ccccc1.Cc1ccccc1-[n+]1c(C)c(C)n(-c2ccccc2)c1-c1ccccc1.Cc1ccccc1-[n+]1c(C)c(C)n(-c2ccccc2)c1-c1ccccc1.Cc1ccccc1-[n+]1c(C)c(C2CCCC2)n(-c2ccccc2)c1-c1ccccc1.Cc1ccccc1-[n+]1c(C)c(C2CCCCC2)n(-c2ccccc2)c1-c1ccccc1. The summed E-state index contributed by atoms with van der Waals surface area (Å²) >= 11 is 0. The molecule has 23 rings (SSSR count). The number of imidazole rings is 5. The first kappa shape index (κ1) is 96.4. The van der Waals surface area contributed by atoms with Gasteiger partial charge in [0.25, 0.3) is 29.1 Å². The zero-order valence-electron chi connectivity index (χ0n) is 85.3. The Labute approximate surface area is 851 Å². The number of aryl methyl sites for hydroxylation is 5. The molecule has 10 heteroatoms. The Balaban J connectivity index is 0.000000114. The van der Waals surface area contributed by atoms with Crippen molar-refractivity contribution in [2.45, 2.75) is 153 Å². The summed E-state index contributed by atoms with van der Waals surface area (Å²) in [6.07, 6.45) is 11.8. The summed E-state index contributed by atoms with van der Waals surface area (Å²) in [5.74, 6) is 7.22. The first-order valence-electron chi connectivity index (χ1n) is 51.3. The largest absolute Gasteiger partial charge is 0.300 e. The minimum atomic E-state index is 0.599. The number of benzene rings is 16. The van der Waals surface area contributed by atoms with E-state index in [9.17, 15) is 0 Å². The summed E-state index contributed by atoms with van der Waals surface area (Å²) in [6.45, 7) is 26.6. The van der Waals surface area contributed by atoms with Crippen molar-refractivity contribution in [1.29, 1.82) is 0 Å². The summed E-state index contributed by atoms with van der Waals surface area (Å²) in [5, 5.41) is 0. The quantitative estimate of drug-likeness (QED) is 0.0769. The van der Waals surface area contributed by atoms with Gasteiger partial charge in [0.2, 0.25) is 0 Å². The number of aromatic nitrogens is 10. The lowest BCUT2D eigenvalue weighted by Gasteiger charge is -2.20. The Morgan fingerprint density at radius 3 is 0.597 bits per heavy atom. The summed E-state index contributed by atoms with van der Waals surface area (Å²) < 4.78 is 24.4. The van der Waals surface area contributed by atoms with Gasteiger partial charge in [-0.15, -0.1) is 0 Å². The van der Waals surface area contributed by atoms with Crippen LogP contribution in [0.3, 0.4) is 0 Å².